The van der Waals surface area contributed by atoms with Gasteiger partial charge in [-0.25, -0.2) is 0 Å². The van der Waals surface area contributed by atoms with Crippen LogP contribution in [0.5, 0.6) is 0 Å². The summed E-state index contributed by atoms with van der Waals surface area (Å²) in [7, 11) is 0. The van der Waals surface area contributed by atoms with Gasteiger partial charge >= 0.3 is 0 Å². The van der Waals surface area contributed by atoms with Crippen molar-refractivity contribution in [3.63, 3.8) is 0 Å². The van der Waals surface area contributed by atoms with Crippen LogP contribution in [0.4, 0.5) is 0 Å². The highest BCUT2D eigenvalue weighted by molar-refractivity contribution is 5.15. The molecule has 0 N–H and O–H groups in total. The monoisotopic (exact) mass is 533 g/mol. The molecule has 0 aliphatic carbocycles. The Labute approximate surface area is 242 Å². The minimum absolute atomic E-state index is 0.371. The predicted octanol–water partition coefficient (Wildman–Crippen LogP) is 8.78. The third kappa shape index (κ3) is 12.6. The van der Waals surface area contributed by atoms with Gasteiger partial charge in [0.2, 0.25) is 0 Å². The van der Waals surface area contributed by atoms with Crippen LogP contribution in [-0.2, 0) is 13.1 Å². The Bertz CT molecular complexity index is 857. The van der Waals surface area contributed by atoms with Crippen molar-refractivity contribution in [1.82, 2.24) is 14.7 Å². The van der Waals surface area contributed by atoms with Crippen molar-refractivity contribution in [3.05, 3.63) is 71.8 Å². The number of likely N-dealkylation sites (tertiary alicyclic amines) is 1. The van der Waals surface area contributed by atoms with Gasteiger partial charge in [-0.05, 0) is 110 Å². The number of benzene rings is 2. The molecule has 1 fully saturated rings. The molecule has 3 heteroatoms. The Balaban J connectivity index is 1.35. The van der Waals surface area contributed by atoms with Crippen LogP contribution in [0.15, 0.2) is 60.7 Å². The largest absolute Gasteiger partial charge is 0.299 e. The number of hydrogen-bond acceptors (Lipinski definition) is 3. The lowest BCUT2D eigenvalue weighted by Crippen LogP contribution is -2.46. The number of hydrogen-bond donors (Lipinski definition) is 0. The molecule has 1 aliphatic rings. The second-order valence-corrected chi connectivity index (χ2v) is 12.9. The Morgan fingerprint density at radius 2 is 1.15 bits per heavy atom. The Morgan fingerprint density at radius 1 is 0.641 bits per heavy atom. The molecule has 2 aromatic rings. The average molecular weight is 534 g/mol. The van der Waals surface area contributed by atoms with E-state index in [2.05, 4.69) is 103 Å². The summed E-state index contributed by atoms with van der Waals surface area (Å²) in [6.07, 6.45) is 14.9. The molecule has 0 saturated carbocycles. The minimum Gasteiger partial charge on any atom is -0.299 e. The molecule has 0 bridgehead atoms. The van der Waals surface area contributed by atoms with E-state index in [1.54, 1.807) is 0 Å². The smallest absolute Gasteiger partial charge is 0.0236 e. The summed E-state index contributed by atoms with van der Waals surface area (Å²) in [6, 6.07) is 22.6. The van der Waals surface area contributed by atoms with Crippen LogP contribution in [0.2, 0.25) is 0 Å². The molecule has 1 aliphatic heterocycles. The van der Waals surface area contributed by atoms with Gasteiger partial charge in [0.05, 0.1) is 0 Å². The molecule has 3 nitrogen and oxygen atoms in total. The van der Waals surface area contributed by atoms with Crippen LogP contribution in [-0.4, -0.2) is 59.0 Å². The highest BCUT2D eigenvalue weighted by Crippen LogP contribution is 2.26. The van der Waals surface area contributed by atoms with Crippen molar-refractivity contribution in [2.24, 2.45) is 0 Å². The van der Waals surface area contributed by atoms with Gasteiger partial charge in [-0.2, -0.15) is 0 Å². The lowest BCUT2D eigenvalue weighted by atomic mass is 9.92. The Morgan fingerprint density at radius 3 is 1.72 bits per heavy atom. The second kappa shape index (κ2) is 17.9. The molecule has 3 rings (SSSR count). The van der Waals surface area contributed by atoms with E-state index in [1.165, 1.54) is 114 Å². The van der Waals surface area contributed by atoms with Crippen LogP contribution in [0.25, 0.3) is 0 Å². The summed E-state index contributed by atoms with van der Waals surface area (Å²) in [4.78, 5) is 8.10. The van der Waals surface area contributed by atoms with E-state index < -0.39 is 0 Å². The van der Waals surface area contributed by atoms with Gasteiger partial charge in [0.25, 0.3) is 0 Å². The molecule has 1 saturated heterocycles. The first-order valence-corrected chi connectivity index (χ1v) is 16.2. The molecule has 0 atom stereocenters. The van der Waals surface area contributed by atoms with Gasteiger partial charge in [-0.1, -0.05) is 92.8 Å². The van der Waals surface area contributed by atoms with E-state index in [0.29, 0.717) is 11.6 Å². The molecule has 0 unspecified atom stereocenters. The molecule has 0 amide bonds. The summed E-state index contributed by atoms with van der Waals surface area (Å²) < 4.78 is 0. The van der Waals surface area contributed by atoms with Gasteiger partial charge in [0.15, 0.2) is 0 Å². The Kier molecular flexibility index (Phi) is 14.6. The van der Waals surface area contributed by atoms with Crippen molar-refractivity contribution in [1.29, 1.82) is 0 Å². The predicted molar refractivity (Wildman–Crippen MR) is 170 cm³/mol. The van der Waals surface area contributed by atoms with Crippen molar-refractivity contribution in [2.45, 2.75) is 123 Å². The molecule has 39 heavy (non-hydrogen) atoms. The zero-order valence-corrected chi connectivity index (χ0v) is 25.9. The molecule has 1 heterocycles. The molecule has 0 spiro atoms. The Hall–Kier alpha value is -1.68. The summed E-state index contributed by atoms with van der Waals surface area (Å²) in [5.41, 5.74) is 3.26. The topological polar surface area (TPSA) is 9.72 Å². The molecule has 0 radical (unpaired) electrons. The summed E-state index contributed by atoms with van der Waals surface area (Å²) >= 11 is 0. The summed E-state index contributed by atoms with van der Waals surface area (Å²) in [6.45, 7) is 18.1. The van der Waals surface area contributed by atoms with E-state index in [9.17, 15) is 0 Å². The first kappa shape index (κ1) is 31.8. The van der Waals surface area contributed by atoms with E-state index in [-0.39, 0.29) is 0 Å². The number of unbranched alkanes of at least 4 members (excludes halogenated alkanes) is 5. The van der Waals surface area contributed by atoms with Gasteiger partial charge in [0, 0.05) is 24.7 Å². The quantitative estimate of drug-likeness (QED) is 0.167. The SMILES string of the molecule is CC(C)N(CCCCCCN(CCCCCC(C)(C)N1CCCCC1)Cc1ccccc1)Cc1ccccc1. The van der Waals surface area contributed by atoms with Crippen molar-refractivity contribution >= 4 is 0 Å². The maximum Gasteiger partial charge on any atom is 0.0236 e. The maximum atomic E-state index is 2.75. The second-order valence-electron chi connectivity index (χ2n) is 12.9. The summed E-state index contributed by atoms with van der Waals surface area (Å²) in [5.74, 6) is 0. The number of rotatable bonds is 19. The normalized spacial score (nSPS) is 15.1. The van der Waals surface area contributed by atoms with Crippen molar-refractivity contribution in [3.8, 4) is 0 Å². The van der Waals surface area contributed by atoms with Gasteiger partial charge in [-0.15, -0.1) is 0 Å². The zero-order chi connectivity index (χ0) is 27.8. The highest BCUT2D eigenvalue weighted by atomic mass is 15.2. The van der Waals surface area contributed by atoms with Crippen LogP contribution in [0.1, 0.15) is 109 Å². The molecular formula is C36H59N3. The van der Waals surface area contributed by atoms with E-state index in [1.807, 2.05) is 0 Å². The van der Waals surface area contributed by atoms with Gasteiger partial charge < -0.3 is 0 Å². The fourth-order valence-electron chi connectivity index (χ4n) is 6.18. The van der Waals surface area contributed by atoms with Crippen LogP contribution >= 0.6 is 0 Å². The summed E-state index contributed by atoms with van der Waals surface area (Å²) in [5, 5.41) is 0. The molecule has 2 aromatic carbocycles. The fraction of sp³-hybridized carbons (Fsp3) is 0.667. The standard InChI is InChI=1S/C36H59N3/c1-33(2)38(32-35-23-13-8-14-24-35)28-18-6-5-16-26-37(31-34-21-11-7-12-22-34)27-17-9-15-25-36(3,4)39-29-19-10-20-30-39/h7-8,11-14,21-24,33H,5-6,9-10,15-20,25-32H2,1-4H3. The number of nitrogens with zero attached hydrogens (tertiary/aromatic N) is 3. The fourth-order valence-corrected chi connectivity index (χ4v) is 6.18. The zero-order valence-electron chi connectivity index (χ0n) is 25.9. The maximum absolute atomic E-state index is 2.75. The van der Waals surface area contributed by atoms with E-state index >= 15 is 0 Å². The third-order valence-electron chi connectivity index (χ3n) is 8.85. The molecular weight excluding hydrogens is 474 g/mol. The highest BCUT2D eigenvalue weighted by Gasteiger charge is 2.27. The first-order chi connectivity index (χ1) is 18.9. The van der Waals surface area contributed by atoms with E-state index in [4.69, 9.17) is 0 Å². The van der Waals surface area contributed by atoms with Crippen LogP contribution in [0, 0.1) is 0 Å². The van der Waals surface area contributed by atoms with Crippen molar-refractivity contribution < 1.29 is 0 Å². The van der Waals surface area contributed by atoms with Gasteiger partial charge in [-0.3, -0.25) is 14.7 Å². The first-order valence-electron chi connectivity index (χ1n) is 16.2. The third-order valence-corrected chi connectivity index (χ3v) is 8.85. The van der Waals surface area contributed by atoms with Gasteiger partial charge in [0.1, 0.15) is 0 Å². The minimum atomic E-state index is 0.371. The van der Waals surface area contributed by atoms with Crippen molar-refractivity contribution in [2.75, 3.05) is 32.7 Å². The molecule has 218 valence electrons. The molecule has 0 aromatic heterocycles. The van der Waals surface area contributed by atoms with Crippen LogP contribution < -0.4 is 0 Å². The lowest BCUT2D eigenvalue weighted by molar-refractivity contribution is 0.0853. The average Bonchev–Trinajstić information content (AvgIpc) is 2.95. The lowest BCUT2D eigenvalue weighted by Gasteiger charge is -2.41. The number of piperidine rings is 1. The van der Waals surface area contributed by atoms with E-state index in [0.717, 1.165) is 13.1 Å². The van der Waals surface area contributed by atoms with Crippen LogP contribution in [0.3, 0.4) is 0 Å².